The quantitative estimate of drug-likeness (QED) is 0.675. The normalized spacial score (nSPS) is 22.4. The smallest absolute Gasteiger partial charge is 0.188 e. The van der Waals surface area contributed by atoms with Crippen molar-refractivity contribution in [2.75, 3.05) is 0 Å². The third-order valence-corrected chi connectivity index (χ3v) is 5.55. The van der Waals surface area contributed by atoms with E-state index in [4.69, 9.17) is 0 Å². The minimum atomic E-state index is -1.45. The molecule has 1 aliphatic rings. The average molecular weight is 390 g/mol. The average Bonchev–Trinajstić information content (AvgIpc) is 3.03. The van der Waals surface area contributed by atoms with Gasteiger partial charge in [0.05, 0.1) is 0 Å². The maximum atomic E-state index is 14.4. The molecule has 1 aliphatic carbocycles. The second-order valence-corrected chi connectivity index (χ2v) is 6.87. The molecule has 2 N–H and O–H groups in total. The first-order valence-corrected chi connectivity index (χ1v) is 8.36. The van der Waals surface area contributed by atoms with E-state index in [1.54, 1.807) is 6.92 Å². The van der Waals surface area contributed by atoms with Crippen LogP contribution in [0.2, 0.25) is 0 Å². The summed E-state index contributed by atoms with van der Waals surface area (Å²) in [6.45, 7) is 1.61. The number of aromatic hydroxyl groups is 2. The van der Waals surface area contributed by atoms with Gasteiger partial charge in [-0.05, 0) is 31.6 Å². The van der Waals surface area contributed by atoms with E-state index in [0.29, 0.717) is 12.1 Å². The maximum absolute atomic E-state index is 14.4. The van der Waals surface area contributed by atoms with E-state index >= 15 is 0 Å². The van der Waals surface area contributed by atoms with Gasteiger partial charge in [-0.15, -0.1) is 0 Å². The Hall–Kier alpha value is -2.38. The lowest BCUT2D eigenvalue weighted by molar-refractivity contribution is 0.340. The Labute approximate surface area is 151 Å². The molecule has 0 heterocycles. The molecule has 2 unspecified atom stereocenters. The zero-order valence-electron chi connectivity index (χ0n) is 14.2. The number of benzene rings is 2. The summed E-state index contributed by atoms with van der Waals surface area (Å²) in [7, 11) is 0. The summed E-state index contributed by atoms with van der Waals surface area (Å²) in [4.78, 5) is 0. The van der Waals surface area contributed by atoms with Gasteiger partial charge in [0.2, 0.25) is 0 Å². The minimum absolute atomic E-state index is 0.101. The molecule has 2 atom stereocenters. The van der Waals surface area contributed by atoms with Gasteiger partial charge >= 0.3 is 0 Å². The number of halogens is 6. The van der Waals surface area contributed by atoms with Gasteiger partial charge in [-0.25, -0.2) is 26.3 Å². The van der Waals surface area contributed by atoms with Crippen LogP contribution in [0.4, 0.5) is 26.3 Å². The second-order valence-electron chi connectivity index (χ2n) is 6.87. The molecule has 0 radical (unpaired) electrons. The largest absolute Gasteiger partial charge is 0.503 e. The highest BCUT2D eigenvalue weighted by atomic mass is 19.2. The molecule has 0 amide bonds. The lowest BCUT2D eigenvalue weighted by Gasteiger charge is -2.30. The van der Waals surface area contributed by atoms with Gasteiger partial charge in [-0.3, -0.25) is 0 Å². The Balaban J connectivity index is 2.09. The van der Waals surface area contributed by atoms with Gasteiger partial charge in [-0.1, -0.05) is 6.92 Å². The van der Waals surface area contributed by atoms with Gasteiger partial charge in [-0.2, -0.15) is 0 Å². The zero-order chi connectivity index (χ0) is 20.1. The fourth-order valence-corrected chi connectivity index (χ4v) is 4.13. The highest BCUT2D eigenvalue weighted by molar-refractivity contribution is 5.41. The van der Waals surface area contributed by atoms with E-state index in [1.807, 2.05) is 0 Å². The number of phenolic OH excluding ortho intramolecular Hbond substituents is 2. The fourth-order valence-electron chi connectivity index (χ4n) is 4.13. The van der Waals surface area contributed by atoms with Crippen LogP contribution in [0.1, 0.15) is 49.7 Å². The third-order valence-electron chi connectivity index (χ3n) is 5.55. The Morgan fingerprint density at radius 2 is 1.44 bits per heavy atom. The number of rotatable bonds is 3. The van der Waals surface area contributed by atoms with E-state index in [2.05, 4.69) is 0 Å². The van der Waals surface area contributed by atoms with Crippen molar-refractivity contribution in [3.63, 3.8) is 0 Å². The standard InChI is InChI=1S/C19H16F6O2/c1-2-19(14-10(21)6-12(23)18(27)16(14)25)4-3-8(7-19)13-9(20)5-11(22)17(26)15(13)24/h5-6,8,26-27H,2-4,7H2,1H3. The first-order valence-electron chi connectivity index (χ1n) is 8.36. The second kappa shape index (κ2) is 6.65. The number of hydrogen-bond acceptors (Lipinski definition) is 2. The van der Waals surface area contributed by atoms with Crippen LogP contribution in [0.3, 0.4) is 0 Å². The van der Waals surface area contributed by atoms with Gasteiger partial charge < -0.3 is 10.2 Å². The highest BCUT2D eigenvalue weighted by Crippen LogP contribution is 2.53. The molecule has 1 fully saturated rings. The molecule has 2 aromatic carbocycles. The highest BCUT2D eigenvalue weighted by Gasteiger charge is 2.45. The number of phenols is 2. The van der Waals surface area contributed by atoms with Crippen molar-refractivity contribution in [3.05, 3.63) is 58.2 Å². The maximum Gasteiger partial charge on any atom is 0.188 e. The molecule has 1 saturated carbocycles. The minimum Gasteiger partial charge on any atom is -0.503 e. The van der Waals surface area contributed by atoms with E-state index in [-0.39, 0.29) is 25.7 Å². The first-order chi connectivity index (χ1) is 12.6. The lowest BCUT2D eigenvalue weighted by Crippen LogP contribution is -2.25. The predicted octanol–water partition coefficient (Wildman–Crippen LogP) is 5.55. The molecular formula is C19H16F6O2. The number of hydrogen-bond donors (Lipinski definition) is 2. The SMILES string of the molecule is CCC1(c2c(F)cc(F)c(O)c2F)CCC(c2c(F)cc(F)c(O)c2F)C1. The molecule has 0 aliphatic heterocycles. The Bertz CT molecular complexity index is 914. The topological polar surface area (TPSA) is 40.5 Å². The molecule has 8 heteroatoms. The summed E-state index contributed by atoms with van der Waals surface area (Å²) >= 11 is 0. The van der Waals surface area contributed by atoms with Crippen molar-refractivity contribution in [3.8, 4) is 11.5 Å². The molecule has 27 heavy (non-hydrogen) atoms. The van der Waals surface area contributed by atoms with Crippen molar-refractivity contribution < 1.29 is 36.6 Å². The van der Waals surface area contributed by atoms with Gasteiger partial charge in [0.15, 0.2) is 34.8 Å². The molecule has 0 saturated heterocycles. The van der Waals surface area contributed by atoms with Crippen molar-refractivity contribution in [1.29, 1.82) is 0 Å². The molecule has 0 spiro atoms. The monoisotopic (exact) mass is 390 g/mol. The summed E-state index contributed by atoms with van der Waals surface area (Å²) in [5.74, 6) is -11.7. The zero-order valence-corrected chi connectivity index (χ0v) is 14.2. The van der Waals surface area contributed by atoms with Gasteiger partial charge in [0.1, 0.15) is 11.6 Å². The van der Waals surface area contributed by atoms with Crippen molar-refractivity contribution in [2.45, 2.75) is 43.9 Å². The Morgan fingerprint density at radius 3 is 2.04 bits per heavy atom. The molecule has 2 aromatic rings. The Morgan fingerprint density at radius 1 is 0.889 bits per heavy atom. The summed E-state index contributed by atoms with van der Waals surface area (Å²) < 4.78 is 83.8. The van der Waals surface area contributed by atoms with Crippen molar-refractivity contribution in [2.24, 2.45) is 0 Å². The van der Waals surface area contributed by atoms with Crippen LogP contribution in [0.5, 0.6) is 11.5 Å². The van der Waals surface area contributed by atoms with Crippen LogP contribution in [0.15, 0.2) is 12.1 Å². The van der Waals surface area contributed by atoms with Crippen LogP contribution in [0, 0.1) is 34.9 Å². The van der Waals surface area contributed by atoms with E-state index in [1.165, 1.54) is 0 Å². The van der Waals surface area contributed by atoms with E-state index < -0.39 is 68.9 Å². The molecule has 0 bridgehead atoms. The van der Waals surface area contributed by atoms with Crippen LogP contribution in [-0.2, 0) is 5.41 Å². The molecule has 146 valence electrons. The van der Waals surface area contributed by atoms with Crippen molar-refractivity contribution >= 4 is 0 Å². The molecule has 0 aromatic heterocycles. The fraction of sp³-hybridized carbons (Fsp3) is 0.368. The summed E-state index contributed by atoms with van der Waals surface area (Å²) in [6.07, 6.45) is 0.230. The van der Waals surface area contributed by atoms with Crippen LogP contribution >= 0.6 is 0 Å². The Kier molecular flexibility index (Phi) is 4.78. The first kappa shape index (κ1) is 19.4. The van der Waals surface area contributed by atoms with Crippen molar-refractivity contribution in [1.82, 2.24) is 0 Å². The summed E-state index contributed by atoms with van der Waals surface area (Å²) in [5.41, 5.74) is -2.35. The molecule has 3 rings (SSSR count). The van der Waals surface area contributed by atoms with Crippen LogP contribution in [-0.4, -0.2) is 10.2 Å². The summed E-state index contributed by atoms with van der Waals surface area (Å²) in [5, 5.41) is 18.9. The van der Waals surface area contributed by atoms with Crippen LogP contribution in [0.25, 0.3) is 0 Å². The lowest BCUT2D eigenvalue weighted by atomic mass is 9.74. The van der Waals surface area contributed by atoms with Gasteiger partial charge in [0.25, 0.3) is 0 Å². The summed E-state index contributed by atoms with van der Waals surface area (Å²) in [6, 6.07) is 0.716. The molecular weight excluding hydrogens is 374 g/mol. The molecule has 2 nitrogen and oxygen atoms in total. The van der Waals surface area contributed by atoms with E-state index in [9.17, 15) is 36.6 Å². The van der Waals surface area contributed by atoms with Crippen LogP contribution < -0.4 is 0 Å². The predicted molar refractivity (Wildman–Crippen MR) is 84.5 cm³/mol. The van der Waals surface area contributed by atoms with Gasteiger partial charge in [0, 0.05) is 28.7 Å². The van der Waals surface area contributed by atoms with E-state index in [0.717, 1.165) is 0 Å². The third kappa shape index (κ3) is 2.91.